The molecule has 2 unspecified atom stereocenters. The van der Waals surface area contributed by atoms with Gasteiger partial charge in [0.2, 0.25) is 0 Å². The molecule has 0 spiro atoms. The lowest BCUT2D eigenvalue weighted by molar-refractivity contribution is 0.186. The molecule has 0 saturated carbocycles. The highest BCUT2D eigenvalue weighted by atomic mass is 15.3. The van der Waals surface area contributed by atoms with Crippen LogP contribution in [-0.4, -0.2) is 55.6 Å². The molecule has 1 aromatic rings. The third kappa shape index (κ3) is 3.60. The molecular weight excluding hydrogens is 246 g/mol. The lowest BCUT2D eigenvalue weighted by Gasteiger charge is -2.30. The van der Waals surface area contributed by atoms with E-state index in [4.69, 9.17) is 0 Å². The van der Waals surface area contributed by atoms with E-state index in [-0.39, 0.29) is 0 Å². The molecule has 0 amide bonds. The van der Waals surface area contributed by atoms with Crippen LogP contribution in [0.1, 0.15) is 31.9 Å². The van der Waals surface area contributed by atoms with E-state index >= 15 is 0 Å². The van der Waals surface area contributed by atoms with E-state index in [1.165, 1.54) is 25.1 Å². The highest BCUT2D eigenvalue weighted by Crippen LogP contribution is 2.26. The highest BCUT2D eigenvalue weighted by Gasteiger charge is 2.30. The number of nitrogens with zero attached hydrogens (tertiary/aromatic N) is 2. The standard InChI is InChI=1S/C17H29N3/c1-4-19(5-2)16-11-12-20(14-16)17(13-18-3)15-9-7-6-8-10-15/h6-10,16-18H,4-5,11-14H2,1-3H3. The average molecular weight is 275 g/mol. The summed E-state index contributed by atoms with van der Waals surface area (Å²) in [5, 5.41) is 3.36. The minimum absolute atomic E-state index is 0.502. The Morgan fingerprint density at radius 2 is 1.95 bits per heavy atom. The second-order valence-electron chi connectivity index (χ2n) is 5.64. The lowest BCUT2D eigenvalue weighted by Crippen LogP contribution is -2.39. The third-order valence-electron chi connectivity index (χ3n) is 4.55. The van der Waals surface area contributed by atoms with Gasteiger partial charge in [0.05, 0.1) is 0 Å². The van der Waals surface area contributed by atoms with Crippen LogP contribution in [-0.2, 0) is 0 Å². The minimum atomic E-state index is 0.502. The maximum absolute atomic E-state index is 3.36. The van der Waals surface area contributed by atoms with Gasteiger partial charge in [-0.1, -0.05) is 44.2 Å². The van der Waals surface area contributed by atoms with Crippen molar-refractivity contribution in [1.29, 1.82) is 0 Å². The number of benzene rings is 1. The fraction of sp³-hybridized carbons (Fsp3) is 0.647. The first-order chi connectivity index (χ1) is 9.80. The van der Waals surface area contributed by atoms with Gasteiger partial charge in [0.1, 0.15) is 0 Å². The summed E-state index contributed by atoms with van der Waals surface area (Å²) in [6.07, 6.45) is 1.30. The van der Waals surface area contributed by atoms with Gasteiger partial charge in [-0.15, -0.1) is 0 Å². The summed E-state index contributed by atoms with van der Waals surface area (Å²) >= 11 is 0. The van der Waals surface area contributed by atoms with E-state index in [2.05, 4.69) is 59.3 Å². The molecule has 2 rings (SSSR count). The van der Waals surface area contributed by atoms with Crippen molar-refractivity contribution in [3.05, 3.63) is 35.9 Å². The Morgan fingerprint density at radius 3 is 2.55 bits per heavy atom. The largest absolute Gasteiger partial charge is 0.318 e. The van der Waals surface area contributed by atoms with Crippen LogP contribution in [0.4, 0.5) is 0 Å². The second kappa shape index (κ2) is 7.77. The van der Waals surface area contributed by atoms with Gasteiger partial charge < -0.3 is 5.32 Å². The Balaban J connectivity index is 2.05. The van der Waals surface area contributed by atoms with Crippen LogP contribution in [0.2, 0.25) is 0 Å². The smallest absolute Gasteiger partial charge is 0.0473 e. The summed E-state index contributed by atoms with van der Waals surface area (Å²) in [6, 6.07) is 12.1. The normalized spacial score (nSPS) is 21.5. The van der Waals surface area contributed by atoms with Crippen LogP contribution >= 0.6 is 0 Å². The third-order valence-corrected chi connectivity index (χ3v) is 4.55. The van der Waals surface area contributed by atoms with Gasteiger partial charge in [-0.2, -0.15) is 0 Å². The van der Waals surface area contributed by atoms with Crippen molar-refractivity contribution in [2.45, 2.75) is 32.4 Å². The number of hydrogen-bond donors (Lipinski definition) is 1. The topological polar surface area (TPSA) is 18.5 Å². The van der Waals surface area contributed by atoms with Gasteiger partial charge in [-0.3, -0.25) is 9.80 Å². The number of nitrogens with one attached hydrogen (secondary N) is 1. The highest BCUT2D eigenvalue weighted by molar-refractivity contribution is 5.20. The second-order valence-corrected chi connectivity index (χ2v) is 5.64. The zero-order chi connectivity index (χ0) is 14.4. The summed E-state index contributed by atoms with van der Waals surface area (Å²) in [6.45, 7) is 10.3. The molecule has 0 radical (unpaired) electrons. The molecule has 0 bridgehead atoms. The van der Waals surface area contributed by atoms with E-state index in [0.717, 1.165) is 25.7 Å². The molecule has 2 atom stereocenters. The number of rotatable bonds is 7. The molecule has 1 aliphatic heterocycles. The lowest BCUT2D eigenvalue weighted by atomic mass is 10.1. The van der Waals surface area contributed by atoms with E-state index in [1.54, 1.807) is 0 Å². The Labute approximate surface area is 124 Å². The van der Waals surface area contributed by atoms with E-state index in [1.807, 2.05) is 7.05 Å². The van der Waals surface area contributed by atoms with Crippen molar-refractivity contribution in [2.24, 2.45) is 0 Å². The van der Waals surface area contributed by atoms with Gasteiger partial charge in [-0.25, -0.2) is 0 Å². The van der Waals surface area contributed by atoms with Gasteiger partial charge in [-0.05, 0) is 32.1 Å². The van der Waals surface area contributed by atoms with E-state index in [9.17, 15) is 0 Å². The van der Waals surface area contributed by atoms with Crippen molar-refractivity contribution in [3.63, 3.8) is 0 Å². The first kappa shape index (κ1) is 15.5. The molecule has 20 heavy (non-hydrogen) atoms. The molecule has 112 valence electrons. The summed E-state index contributed by atoms with van der Waals surface area (Å²) in [7, 11) is 2.05. The molecule has 1 heterocycles. The average Bonchev–Trinajstić information content (AvgIpc) is 2.96. The fourth-order valence-corrected chi connectivity index (χ4v) is 3.42. The maximum Gasteiger partial charge on any atom is 0.0473 e. The van der Waals surface area contributed by atoms with Gasteiger partial charge >= 0.3 is 0 Å². The monoisotopic (exact) mass is 275 g/mol. The predicted molar refractivity (Wildman–Crippen MR) is 86.0 cm³/mol. The van der Waals surface area contributed by atoms with E-state index in [0.29, 0.717) is 6.04 Å². The first-order valence-corrected chi connectivity index (χ1v) is 7.97. The van der Waals surface area contributed by atoms with Gasteiger partial charge in [0.15, 0.2) is 0 Å². The quantitative estimate of drug-likeness (QED) is 0.824. The number of likely N-dealkylation sites (N-methyl/N-ethyl adjacent to an activating group) is 2. The molecule has 1 N–H and O–H groups in total. The molecular formula is C17H29N3. The van der Waals surface area contributed by atoms with Gasteiger partial charge in [0, 0.05) is 31.7 Å². The zero-order valence-electron chi connectivity index (χ0n) is 13.2. The Bertz CT molecular complexity index is 375. The minimum Gasteiger partial charge on any atom is -0.318 e. The molecule has 1 aliphatic rings. The Morgan fingerprint density at radius 1 is 1.25 bits per heavy atom. The fourth-order valence-electron chi connectivity index (χ4n) is 3.42. The summed E-state index contributed by atoms with van der Waals surface area (Å²) in [5.41, 5.74) is 1.43. The Kier molecular flexibility index (Phi) is 6.02. The summed E-state index contributed by atoms with van der Waals surface area (Å²) < 4.78 is 0. The molecule has 3 nitrogen and oxygen atoms in total. The zero-order valence-corrected chi connectivity index (χ0v) is 13.2. The van der Waals surface area contributed by atoms with Crippen LogP contribution in [0.25, 0.3) is 0 Å². The first-order valence-electron chi connectivity index (χ1n) is 7.97. The van der Waals surface area contributed by atoms with Crippen LogP contribution in [0, 0.1) is 0 Å². The molecule has 1 aromatic carbocycles. The molecule has 0 aromatic heterocycles. The van der Waals surface area contributed by atoms with Crippen molar-refractivity contribution < 1.29 is 0 Å². The number of hydrogen-bond acceptors (Lipinski definition) is 3. The van der Waals surface area contributed by atoms with Crippen molar-refractivity contribution in [3.8, 4) is 0 Å². The van der Waals surface area contributed by atoms with Crippen molar-refractivity contribution in [1.82, 2.24) is 15.1 Å². The molecule has 3 heteroatoms. The molecule has 0 aliphatic carbocycles. The maximum atomic E-state index is 3.36. The molecule has 1 fully saturated rings. The molecule has 1 saturated heterocycles. The SMILES string of the molecule is CCN(CC)C1CCN(C(CNC)c2ccccc2)C1. The Hall–Kier alpha value is -0.900. The van der Waals surface area contributed by atoms with Crippen LogP contribution < -0.4 is 5.32 Å². The van der Waals surface area contributed by atoms with E-state index < -0.39 is 0 Å². The van der Waals surface area contributed by atoms with Crippen molar-refractivity contribution in [2.75, 3.05) is 39.8 Å². The summed E-state index contributed by atoms with van der Waals surface area (Å²) in [5.74, 6) is 0. The number of likely N-dealkylation sites (tertiary alicyclic amines) is 1. The van der Waals surface area contributed by atoms with Gasteiger partial charge in [0.25, 0.3) is 0 Å². The summed E-state index contributed by atoms with van der Waals surface area (Å²) in [4.78, 5) is 5.25. The van der Waals surface area contributed by atoms with Crippen LogP contribution in [0.15, 0.2) is 30.3 Å². The van der Waals surface area contributed by atoms with Crippen LogP contribution in [0.5, 0.6) is 0 Å². The predicted octanol–water partition coefficient (Wildman–Crippen LogP) is 2.36. The van der Waals surface area contributed by atoms with Crippen LogP contribution in [0.3, 0.4) is 0 Å². The van der Waals surface area contributed by atoms with Crippen molar-refractivity contribution >= 4 is 0 Å².